The van der Waals surface area contributed by atoms with Crippen LogP contribution in [0.5, 0.6) is 0 Å². The normalized spacial score (nSPS) is 14.2. The van der Waals surface area contributed by atoms with Crippen molar-refractivity contribution >= 4 is 28.3 Å². The smallest absolute Gasteiger partial charge is 0.250 e. The standard InChI is InChI=1S/C23H33N7O3S/c1-6-8-9-10-11-12-14-30-19(27-28-29-30)17-15-24-22(34-17)26-20(32)16(13-7-2)25-21(33)18(31)23(3,4)5/h6,8-12,15-16,18,31H,7,13-14H2,1-5H3,(H,25,33)(H,24,26,32)/b8-6-,10-9-,12-11+/t16-,18+/m0/s1. The molecule has 0 fully saturated rings. The molecule has 0 aromatic carbocycles. The molecule has 184 valence electrons. The van der Waals surface area contributed by atoms with Crippen molar-refractivity contribution in [3.63, 3.8) is 0 Å². The molecule has 0 bridgehead atoms. The first kappa shape index (κ1) is 27.1. The highest BCUT2D eigenvalue weighted by atomic mass is 32.1. The zero-order chi connectivity index (χ0) is 25.1. The zero-order valence-electron chi connectivity index (χ0n) is 20.2. The van der Waals surface area contributed by atoms with E-state index in [-0.39, 0.29) is 0 Å². The van der Waals surface area contributed by atoms with Gasteiger partial charge in [-0.3, -0.25) is 9.59 Å². The van der Waals surface area contributed by atoms with E-state index in [0.29, 0.717) is 35.2 Å². The van der Waals surface area contributed by atoms with E-state index in [1.165, 1.54) is 11.3 Å². The van der Waals surface area contributed by atoms with Gasteiger partial charge in [-0.25, -0.2) is 9.67 Å². The zero-order valence-corrected chi connectivity index (χ0v) is 21.0. The first-order valence-corrected chi connectivity index (χ1v) is 11.9. The predicted molar refractivity (Wildman–Crippen MR) is 133 cm³/mol. The number of carbonyl (C=O) groups excluding carboxylic acids is 2. The molecule has 2 heterocycles. The molecule has 0 aliphatic heterocycles. The fourth-order valence-electron chi connectivity index (χ4n) is 2.81. The van der Waals surface area contributed by atoms with Gasteiger partial charge in [0.25, 0.3) is 0 Å². The molecule has 2 amide bonds. The Hall–Kier alpha value is -3.18. The maximum Gasteiger partial charge on any atom is 0.250 e. The van der Waals surface area contributed by atoms with Crippen LogP contribution in [0, 0.1) is 5.41 Å². The largest absolute Gasteiger partial charge is 0.383 e. The molecular formula is C23H33N7O3S. The highest BCUT2D eigenvalue weighted by Crippen LogP contribution is 2.27. The lowest BCUT2D eigenvalue weighted by molar-refractivity contribution is -0.137. The molecule has 2 rings (SSSR count). The number of amides is 2. The van der Waals surface area contributed by atoms with Crippen LogP contribution in [0.25, 0.3) is 10.7 Å². The van der Waals surface area contributed by atoms with E-state index >= 15 is 0 Å². The summed E-state index contributed by atoms with van der Waals surface area (Å²) in [6.07, 6.45) is 13.0. The summed E-state index contributed by atoms with van der Waals surface area (Å²) in [5, 5.41) is 27.8. The Morgan fingerprint density at radius 2 is 1.94 bits per heavy atom. The average Bonchev–Trinajstić information content (AvgIpc) is 3.43. The van der Waals surface area contributed by atoms with Gasteiger partial charge >= 0.3 is 0 Å². The summed E-state index contributed by atoms with van der Waals surface area (Å²) in [6, 6.07) is -0.784. The molecule has 11 heteroatoms. The van der Waals surface area contributed by atoms with Crippen LogP contribution in [-0.2, 0) is 16.1 Å². The van der Waals surface area contributed by atoms with Crippen LogP contribution in [0.4, 0.5) is 5.13 Å². The molecule has 2 aromatic rings. The predicted octanol–water partition coefficient (Wildman–Crippen LogP) is 3.12. The number of thiazole rings is 1. The van der Waals surface area contributed by atoms with E-state index in [1.54, 1.807) is 31.6 Å². The van der Waals surface area contributed by atoms with Crippen molar-refractivity contribution in [2.75, 3.05) is 5.32 Å². The highest BCUT2D eigenvalue weighted by molar-refractivity contribution is 7.19. The van der Waals surface area contributed by atoms with Crippen molar-refractivity contribution in [2.24, 2.45) is 5.41 Å². The van der Waals surface area contributed by atoms with Crippen LogP contribution < -0.4 is 10.6 Å². The van der Waals surface area contributed by atoms with E-state index in [1.807, 2.05) is 50.3 Å². The summed E-state index contributed by atoms with van der Waals surface area (Å²) in [4.78, 5) is 30.2. The maximum absolute atomic E-state index is 12.8. The Morgan fingerprint density at radius 3 is 2.62 bits per heavy atom. The summed E-state index contributed by atoms with van der Waals surface area (Å²) in [7, 11) is 0. The molecule has 3 N–H and O–H groups in total. The maximum atomic E-state index is 12.8. The van der Waals surface area contributed by atoms with Crippen molar-refractivity contribution in [1.82, 2.24) is 30.5 Å². The Kier molecular flexibility index (Phi) is 10.3. The van der Waals surface area contributed by atoms with Gasteiger partial charge in [0.2, 0.25) is 11.8 Å². The average molecular weight is 488 g/mol. The number of anilines is 1. The second kappa shape index (κ2) is 12.9. The summed E-state index contributed by atoms with van der Waals surface area (Å²) in [5.41, 5.74) is -0.635. The van der Waals surface area contributed by atoms with Crippen LogP contribution in [0.3, 0.4) is 0 Å². The second-order valence-electron chi connectivity index (χ2n) is 8.66. The lowest BCUT2D eigenvalue weighted by atomic mass is 9.88. The van der Waals surface area contributed by atoms with Gasteiger partial charge in [0, 0.05) is 0 Å². The van der Waals surface area contributed by atoms with E-state index in [9.17, 15) is 14.7 Å². The first-order valence-electron chi connectivity index (χ1n) is 11.1. The molecular weight excluding hydrogens is 454 g/mol. The van der Waals surface area contributed by atoms with Gasteiger partial charge < -0.3 is 15.7 Å². The summed E-state index contributed by atoms with van der Waals surface area (Å²) in [6.45, 7) is 9.61. The highest BCUT2D eigenvalue weighted by Gasteiger charge is 2.32. The van der Waals surface area contributed by atoms with Crippen molar-refractivity contribution in [2.45, 2.75) is 66.2 Å². The fourth-order valence-corrected chi connectivity index (χ4v) is 3.62. The minimum Gasteiger partial charge on any atom is -0.383 e. The van der Waals surface area contributed by atoms with Crippen LogP contribution >= 0.6 is 11.3 Å². The number of tetrazole rings is 1. The van der Waals surface area contributed by atoms with Crippen molar-refractivity contribution < 1.29 is 14.7 Å². The molecule has 34 heavy (non-hydrogen) atoms. The second-order valence-corrected chi connectivity index (χ2v) is 9.69. The summed E-state index contributed by atoms with van der Waals surface area (Å²) in [5.74, 6) is -0.437. The number of nitrogens with zero attached hydrogens (tertiary/aromatic N) is 5. The molecule has 0 saturated carbocycles. The number of carbonyl (C=O) groups is 2. The molecule has 2 atom stereocenters. The van der Waals surface area contributed by atoms with Gasteiger partial charge in [0.1, 0.15) is 12.1 Å². The molecule has 0 spiro atoms. The van der Waals surface area contributed by atoms with Crippen molar-refractivity contribution in [3.8, 4) is 10.7 Å². The molecule has 2 aromatic heterocycles. The lowest BCUT2D eigenvalue weighted by Crippen LogP contribution is -2.50. The van der Waals surface area contributed by atoms with Crippen LogP contribution in [0.1, 0.15) is 47.5 Å². The lowest BCUT2D eigenvalue weighted by Gasteiger charge is -2.26. The third kappa shape index (κ3) is 7.99. The number of nitrogens with one attached hydrogen (secondary N) is 2. The van der Waals surface area contributed by atoms with Gasteiger partial charge in [0.05, 0.1) is 17.6 Å². The van der Waals surface area contributed by atoms with Crippen molar-refractivity contribution in [3.05, 3.63) is 42.7 Å². The molecule has 10 nitrogen and oxygen atoms in total. The van der Waals surface area contributed by atoms with E-state index < -0.39 is 29.4 Å². The van der Waals surface area contributed by atoms with Gasteiger partial charge in [-0.05, 0) is 29.2 Å². The number of aliphatic hydroxyl groups is 1. The van der Waals surface area contributed by atoms with Crippen molar-refractivity contribution in [1.29, 1.82) is 0 Å². The monoisotopic (exact) mass is 487 g/mol. The minimum absolute atomic E-state index is 0.367. The van der Waals surface area contributed by atoms with E-state index in [0.717, 1.165) is 0 Å². The number of aromatic nitrogens is 5. The number of hydrogen-bond donors (Lipinski definition) is 3. The number of rotatable bonds is 11. The SMILES string of the molecule is C\C=C/C=C\C=C\Cn1nnnc1-c1cnc(NC(=O)[C@H](CCC)NC(=O)[C@@H](O)C(C)(C)C)s1. The quantitative estimate of drug-likeness (QED) is 0.414. The fraction of sp³-hybridized carbons (Fsp3) is 0.478. The van der Waals surface area contributed by atoms with Crippen LogP contribution in [0.15, 0.2) is 42.7 Å². The molecule has 0 radical (unpaired) electrons. The Labute approximate surface area is 203 Å². The van der Waals surface area contributed by atoms with Gasteiger partial charge in [-0.1, -0.05) is 81.9 Å². The van der Waals surface area contributed by atoms with Gasteiger partial charge in [0.15, 0.2) is 11.0 Å². The van der Waals surface area contributed by atoms with Gasteiger partial charge in [-0.15, -0.1) is 5.10 Å². The van der Waals surface area contributed by atoms with E-state index in [4.69, 9.17) is 0 Å². The number of allylic oxidation sites excluding steroid dienone is 6. The Balaban J connectivity index is 2.05. The summed E-state index contributed by atoms with van der Waals surface area (Å²) >= 11 is 1.23. The molecule has 0 aliphatic rings. The van der Waals surface area contributed by atoms with Crippen LogP contribution in [-0.4, -0.2) is 54.3 Å². The number of aliphatic hydroxyl groups excluding tert-OH is 1. The first-order chi connectivity index (χ1) is 16.2. The Bertz CT molecular complexity index is 1030. The molecule has 0 aliphatic carbocycles. The van der Waals surface area contributed by atoms with E-state index in [2.05, 4.69) is 31.1 Å². The molecule has 0 unspecified atom stereocenters. The number of hydrogen-bond acceptors (Lipinski definition) is 8. The third-order valence-electron chi connectivity index (χ3n) is 4.71. The topological polar surface area (TPSA) is 135 Å². The summed E-state index contributed by atoms with van der Waals surface area (Å²) < 4.78 is 1.63. The minimum atomic E-state index is -1.22. The van der Waals surface area contributed by atoms with Gasteiger partial charge in [-0.2, -0.15) is 0 Å². The molecule has 0 saturated heterocycles. The Morgan fingerprint density at radius 1 is 1.21 bits per heavy atom. The third-order valence-corrected chi connectivity index (χ3v) is 5.62. The van der Waals surface area contributed by atoms with Crippen LogP contribution in [0.2, 0.25) is 0 Å².